The van der Waals surface area contributed by atoms with E-state index in [1.165, 1.54) is 12.1 Å². The Morgan fingerprint density at radius 3 is 2.72 bits per heavy atom. The molecule has 0 aliphatic rings. The van der Waals surface area contributed by atoms with Crippen molar-refractivity contribution in [2.45, 2.75) is 13.5 Å². The van der Waals surface area contributed by atoms with Gasteiger partial charge in [0, 0.05) is 10.2 Å². The quantitative estimate of drug-likeness (QED) is 0.669. The molecular weight excluding hydrogens is 389 g/mol. The molecule has 128 valence electrons. The van der Waals surface area contributed by atoms with Gasteiger partial charge >= 0.3 is 0 Å². The Balaban J connectivity index is 1.76. The van der Waals surface area contributed by atoms with Gasteiger partial charge in [-0.3, -0.25) is 0 Å². The third kappa shape index (κ3) is 4.42. The molecule has 2 aromatic carbocycles. The minimum absolute atomic E-state index is 0.0340. The van der Waals surface area contributed by atoms with Gasteiger partial charge in [-0.05, 0) is 36.8 Å². The van der Waals surface area contributed by atoms with Crippen LogP contribution in [0.25, 0.3) is 0 Å². The number of benzene rings is 2. The fraction of sp³-hybridized carbons (Fsp3) is 0.118. The number of ether oxygens (including phenoxy) is 1. The number of anilines is 3. The summed E-state index contributed by atoms with van der Waals surface area (Å²) in [5, 5.41) is 3.09. The SMILES string of the molecule is Cc1ccccc1Nc1nc(N)nc(COc2ccc(Br)cc2F)n1. The van der Waals surface area contributed by atoms with E-state index in [0.29, 0.717) is 16.2 Å². The number of rotatable bonds is 5. The molecule has 8 heteroatoms. The van der Waals surface area contributed by atoms with Crippen LogP contribution in [-0.2, 0) is 6.61 Å². The van der Waals surface area contributed by atoms with Crippen molar-refractivity contribution in [2.24, 2.45) is 0 Å². The van der Waals surface area contributed by atoms with Gasteiger partial charge in [0.1, 0.15) is 6.61 Å². The van der Waals surface area contributed by atoms with Crippen molar-refractivity contribution in [3.8, 4) is 5.75 Å². The Bertz CT molecular complexity index is 906. The van der Waals surface area contributed by atoms with Crippen molar-refractivity contribution >= 4 is 33.5 Å². The third-order valence-electron chi connectivity index (χ3n) is 3.34. The normalized spacial score (nSPS) is 10.5. The molecule has 1 heterocycles. The molecule has 0 fully saturated rings. The number of hydrogen-bond acceptors (Lipinski definition) is 6. The number of aromatic nitrogens is 3. The van der Waals surface area contributed by atoms with E-state index in [1.54, 1.807) is 6.07 Å². The van der Waals surface area contributed by atoms with E-state index < -0.39 is 5.82 Å². The molecule has 0 saturated heterocycles. The fourth-order valence-electron chi connectivity index (χ4n) is 2.13. The molecular formula is C17H15BrFN5O. The van der Waals surface area contributed by atoms with Crippen LogP contribution >= 0.6 is 15.9 Å². The number of nitrogens with zero attached hydrogens (tertiary/aromatic N) is 3. The Morgan fingerprint density at radius 2 is 1.96 bits per heavy atom. The molecule has 0 radical (unpaired) electrons. The molecule has 0 spiro atoms. The van der Waals surface area contributed by atoms with Gasteiger partial charge in [-0.1, -0.05) is 34.1 Å². The third-order valence-corrected chi connectivity index (χ3v) is 3.83. The highest BCUT2D eigenvalue weighted by molar-refractivity contribution is 9.10. The minimum Gasteiger partial charge on any atom is -0.483 e. The van der Waals surface area contributed by atoms with Crippen LogP contribution in [-0.4, -0.2) is 15.0 Å². The van der Waals surface area contributed by atoms with Crippen LogP contribution in [0.2, 0.25) is 0 Å². The summed E-state index contributed by atoms with van der Waals surface area (Å²) >= 11 is 3.20. The molecule has 25 heavy (non-hydrogen) atoms. The second-order valence-electron chi connectivity index (χ2n) is 5.24. The Morgan fingerprint density at radius 1 is 1.16 bits per heavy atom. The maximum Gasteiger partial charge on any atom is 0.232 e. The first-order chi connectivity index (χ1) is 12.0. The minimum atomic E-state index is -0.477. The van der Waals surface area contributed by atoms with Crippen LogP contribution in [0.1, 0.15) is 11.4 Å². The van der Waals surface area contributed by atoms with Crippen molar-refractivity contribution in [1.82, 2.24) is 15.0 Å². The van der Waals surface area contributed by atoms with Crippen molar-refractivity contribution < 1.29 is 9.13 Å². The lowest BCUT2D eigenvalue weighted by Gasteiger charge is -2.10. The Kier molecular flexibility index (Phi) is 5.08. The van der Waals surface area contributed by atoms with E-state index in [0.717, 1.165) is 11.3 Å². The molecule has 0 atom stereocenters. The monoisotopic (exact) mass is 403 g/mol. The van der Waals surface area contributed by atoms with Crippen LogP contribution in [0.3, 0.4) is 0 Å². The molecule has 0 aliphatic heterocycles. The highest BCUT2D eigenvalue weighted by Gasteiger charge is 2.09. The van der Waals surface area contributed by atoms with E-state index in [1.807, 2.05) is 31.2 Å². The molecule has 0 aliphatic carbocycles. The van der Waals surface area contributed by atoms with Crippen LogP contribution < -0.4 is 15.8 Å². The number of nitrogens with one attached hydrogen (secondary N) is 1. The summed E-state index contributed by atoms with van der Waals surface area (Å²) in [6.07, 6.45) is 0. The highest BCUT2D eigenvalue weighted by atomic mass is 79.9. The molecule has 0 bridgehead atoms. The lowest BCUT2D eigenvalue weighted by atomic mass is 10.2. The predicted molar refractivity (Wildman–Crippen MR) is 97.1 cm³/mol. The summed E-state index contributed by atoms with van der Waals surface area (Å²) in [4.78, 5) is 12.3. The number of halogens is 2. The number of nitrogen functional groups attached to an aromatic ring is 1. The van der Waals surface area contributed by atoms with E-state index in [4.69, 9.17) is 10.5 Å². The number of hydrogen-bond donors (Lipinski definition) is 2. The van der Waals surface area contributed by atoms with Crippen LogP contribution in [0, 0.1) is 12.7 Å². The summed E-state index contributed by atoms with van der Waals surface area (Å²) in [7, 11) is 0. The second-order valence-corrected chi connectivity index (χ2v) is 6.15. The topological polar surface area (TPSA) is 86.0 Å². The molecule has 3 aromatic rings. The molecule has 0 unspecified atom stereocenters. The first-order valence-corrected chi connectivity index (χ1v) is 8.21. The average Bonchev–Trinajstić information content (AvgIpc) is 2.56. The second kappa shape index (κ2) is 7.43. The van der Waals surface area contributed by atoms with Gasteiger partial charge in [-0.15, -0.1) is 0 Å². The van der Waals surface area contributed by atoms with Gasteiger partial charge < -0.3 is 15.8 Å². The standard InChI is InChI=1S/C17H15BrFN5O/c1-10-4-2-3-5-13(10)21-17-23-15(22-16(20)24-17)9-25-14-7-6-11(18)8-12(14)19/h2-8H,9H2,1H3,(H3,20,21,22,23,24). The van der Waals surface area contributed by atoms with Gasteiger partial charge in [0.15, 0.2) is 17.4 Å². The molecule has 0 amide bonds. The summed E-state index contributed by atoms with van der Waals surface area (Å²) in [5.41, 5.74) is 7.63. The highest BCUT2D eigenvalue weighted by Crippen LogP contribution is 2.22. The van der Waals surface area contributed by atoms with E-state index in [2.05, 4.69) is 36.2 Å². The predicted octanol–water partition coefficient (Wildman–Crippen LogP) is 3.99. The van der Waals surface area contributed by atoms with Crippen LogP contribution in [0.5, 0.6) is 5.75 Å². The van der Waals surface area contributed by atoms with Gasteiger partial charge in [-0.25, -0.2) is 4.39 Å². The van der Waals surface area contributed by atoms with Gasteiger partial charge in [0.25, 0.3) is 0 Å². The van der Waals surface area contributed by atoms with E-state index in [-0.39, 0.29) is 18.3 Å². The maximum atomic E-state index is 13.8. The summed E-state index contributed by atoms with van der Waals surface area (Å²) in [6, 6.07) is 12.2. The molecule has 0 saturated carbocycles. The van der Waals surface area contributed by atoms with Gasteiger partial charge in [-0.2, -0.15) is 15.0 Å². The average molecular weight is 404 g/mol. The van der Waals surface area contributed by atoms with Crippen LogP contribution in [0.15, 0.2) is 46.9 Å². The van der Waals surface area contributed by atoms with Crippen LogP contribution in [0.4, 0.5) is 22.0 Å². The first-order valence-electron chi connectivity index (χ1n) is 7.42. The number of aryl methyl sites for hydroxylation is 1. The fourth-order valence-corrected chi connectivity index (χ4v) is 2.46. The van der Waals surface area contributed by atoms with E-state index in [9.17, 15) is 4.39 Å². The van der Waals surface area contributed by atoms with Gasteiger partial charge in [0.2, 0.25) is 11.9 Å². The molecule has 3 rings (SSSR count). The maximum absolute atomic E-state index is 13.8. The summed E-state index contributed by atoms with van der Waals surface area (Å²) in [6.45, 7) is 1.93. The molecule has 3 N–H and O–H groups in total. The summed E-state index contributed by atoms with van der Waals surface area (Å²) < 4.78 is 19.9. The Labute approximate surface area is 152 Å². The van der Waals surface area contributed by atoms with Crippen molar-refractivity contribution in [2.75, 3.05) is 11.1 Å². The number of nitrogens with two attached hydrogens (primary N) is 1. The van der Waals surface area contributed by atoms with Crippen molar-refractivity contribution in [3.05, 3.63) is 64.1 Å². The van der Waals surface area contributed by atoms with Crippen molar-refractivity contribution in [3.63, 3.8) is 0 Å². The van der Waals surface area contributed by atoms with E-state index >= 15 is 0 Å². The zero-order chi connectivity index (χ0) is 17.8. The summed E-state index contributed by atoms with van der Waals surface area (Å²) in [5.74, 6) is 0.286. The first kappa shape index (κ1) is 17.1. The van der Waals surface area contributed by atoms with Crippen molar-refractivity contribution in [1.29, 1.82) is 0 Å². The largest absolute Gasteiger partial charge is 0.483 e. The number of para-hydroxylation sites is 1. The molecule has 6 nitrogen and oxygen atoms in total. The lowest BCUT2D eigenvalue weighted by Crippen LogP contribution is -2.10. The zero-order valence-corrected chi connectivity index (χ0v) is 14.9. The smallest absolute Gasteiger partial charge is 0.232 e. The lowest BCUT2D eigenvalue weighted by molar-refractivity contribution is 0.281. The molecule has 1 aromatic heterocycles. The Hall–Kier alpha value is -2.74. The van der Waals surface area contributed by atoms with Gasteiger partial charge in [0.05, 0.1) is 0 Å². The zero-order valence-electron chi connectivity index (χ0n) is 13.3.